The van der Waals surface area contributed by atoms with Crippen molar-refractivity contribution in [3.8, 4) is 0 Å². The lowest BCUT2D eigenvalue weighted by molar-refractivity contribution is -0.140. The quantitative estimate of drug-likeness (QED) is 0.646. The summed E-state index contributed by atoms with van der Waals surface area (Å²) in [7, 11) is 0. The zero-order valence-electron chi connectivity index (χ0n) is 10.0. The van der Waals surface area contributed by atoms with Gasteiger partial charge < -0.3 is 21.5 Å². The summed E-state index contributed by atoms with van der Waals surface area (Å²) < 4.78 is 12.8. The number of carbonyl (C=O) groups is 3. The fraction of sp³-hybridized carbons (Fsp3) is 0.182. The van der Waals surface area contributed by atoms with E-state index in [1.54, 1.807) is 0 Å². The Kier molecular flexibility index (Phi) is 5.27. The minimum atomic E-state index is -1.47. The van der Waals surface area contributed by atoms with Crippen LogP contribution < -0.4 is 16.4 Å². The molecule has 1 atom stereocenters. The molecule has 0 saturated carbocycles. The summed E-state index contributed by atoms with van der Waals surface area (Å²) in [5.41, 5.74) is 4.95. The topological polar surface area (TPSA) is 122 Å². The normalized spacial score (nSPS) is 11.5. The Morgan fingerprint density at radius 1 is 1.40 bits per heavy atom. The van der Waals surface area contributed by atoms with Gasteiger partial charge >= 0.3 is 12.0 Å². The summed E-state index contributed by atoms with van der Waals surface area (Å²) in [4.78, 5) is 33.0. The fourth-order valence-electron chi connectivity index (χ4n) is 1.31. The first kappa shape index (κ1) is 15.7. The summed E-state index contributed by atoms with van der Waals surface area (Å²) in [6, 6.07) is 0.884. The van der Waals surface area contributed by atoms with E-state index in [0.717, 1.165) is 12.1 Å². The van der Waals surface area contributed by atoms with Gasteiger partial charge in [0.15, 0.2) is 0 Å². The van der Waals surface area contributed by atoms with Gasteiger partial charge in [-0.2, -0.15) is 0 Å². The third kappa shape index (κ3) is 4.73. The summed E-state index contributed by atoms with van der Waals surface area (Å²) in [5.74, 6) is -2.88. The first-order chi connectivity index (χ1) is 9.29. The van der Waals surface area contributed by atoms with Gasteiger partial charge in [0.05, 0.1) is 17.1 Å². The molecule has 0 spiro atoms. The third-order valence-corrected chi connectivity index (χ3v) is 2.50. The van der Waals surface area contributed by atoms with E-state index in [2.05, 4.69) is 5.32 Å². The van der Waals surface area contributed by atoms with Crippen molar-refractivity contribution >= 4 is 35.2 Å². The van der Waals surface area contributed by atoms with Gasteiger partial charge in [0, 0.05) is 0 Å². The van der Waals surface area contributed by atoms with E-state index in [0.29, 0.717) is 0 Å². The van der Waals surface area contributed by atoms with Crippen LogP contribution in [0.15, 0.2) is 18.2 Å². The number of carbonyl (C=O) groups excluding carboxylic acids is 2. The molecule has 0 fully saturated rings. The Balaban J connectivity index is 2.70. The predicted molar refractivity (Wildman–Crippen MR) is 68.8 cm³/mol. The number of nitrogens with one attached hydrogen (secondary N) is 2. The van der Waals surface area contributed by atoms with E-state index < -0.39 is 36.2 Å². The van der Waals surface area contributed by atoms with E-state index in [4.69, 9.17) is 22.4 Å². The standard InChI is InChI=1S/C11H11ClFN3O4/c12-6-3-5(13)1-2-7(6)15-11(20)16-8(10(18)19)4-9(14)17/h1-3,8H,4H2,(H2,14,17)(H,18,19)(H2,15,16,20). The molecular formula is C11H11ClFN3O4. The number of nitrogens with two attached hydrogens (primary N) is 1. The van der Waals surface area contributed by atoms with E-state index in [9.17, 15) is 18.8 Å². The first-order valence-electron chi connectivity index (χ1n) is 5.33. The molecule has 0 aliphatic heterocycles. The number of hydrogen-bond donors (Lipinski definition) is 4. The minimum absolute atomic E-state index is 0.0538. The van der Waals surface area contributed by atoms with E-state index >= 15 is 0 Å². The number of carboxylic acid groups (broad SMARTS) is 1. The minimum Gasteiger partial charge on any atom is -0.480 e. The first-order valence-corrected chi connectivity index (χ1v) is 5.71. The number of halogens is 2. The molecule has 7 nitrogen and oxygen atoms in total. The molecule has 0 heterocycles. The zero-order chi connectivity index (χ0) is 15.3. The lowest BCUT2D eigenvalue weighted by Crippen LogP contribution is -2.45. The molecular weight excluding hydrogens is 293 g/mol. The molecule has 0 aromatic heterocycles. The third-order valence-electron chi connectivity index (χ3n) is 2.19. The number of aliphatic carboxylic acids is 1. The van der Waals surface area contributed by atoms with E-state index in [1.165, 1.54) is 6.07 Å². The van der Waals surface area contributed by atoms with Crippen molar-refractivity contribution in [3.05, 3.63) is 29.0 Å². The van der Waals surface area contributed by atoms with Gasteiger partial charge in [-0.05, 0) is 18.2 Å². The Hall–Kier alpha value is -2.35. The van der Waals surface area contributed by atoms with Gasteiger partial charge in [0.1, 0.15) is 11.9 Å². The molecule has 1 aromatic carbocycles. The van der Waals surface area contributed by atoms with Crippen LogP contribution in [0, 0.1) is 5.82 Å². The fourth-order valence-corrected chi connectivity index (χ4v) is 1.52. The van der Waals surface area contributed by atoms with E-state index in [1.807, 2.05) is 5.32 Å². The van der Waals surface area contributed by atoms with Crippen LogP contribution in [-0.2, 0) is 9.59 Å². The number of hydrogen-bond acceptors (Lipinski definition) is 3. The molecule has 108 valence electrons. The molecule has 3 amide bonds. The molecule has 5 N–H and O–H groups in total. The molecule has 0 aliphatic carbocycles. The number of amides is 3. The molecule has 0 bridgehead atoms. The number of primary amides is 1. The lowest BCUT2D eigenvalue weighted by Gasteiger charge is -2.14. The van der Waals surface area contributed by atoms with Gasteiger partial charge in [-0.25, -0.2) is 14.0 Å². The van der Waals surface area contributed by atoms with Crippen molar-refractivity contribution in [1.29, 1.82) is 0 Å². The second-order valence-corrected chi connectivity index (χ2v) is 4.19. The van der Waals surface area contributed by atoms with Gasteiger partial charge in [0.25, 0.3) is 0 Å². The molecule has 20 heavy (non-hydrogen) atoms. The monoisotopic (exact) mass is 303 g/mol. The summed E-state index contributed by atoms with van der Waals surface area (Å²) >= 11 is 5.68. The van der Waals surface area contributed by atoms with Crippen molar-refractivity contribution in [2.75, 3.05) is 5.32 Å². The number of carboxylic acids is 1. The van der Waals surface area contributed by atoms with Crippen molar-refractivity contribution in [3.63, 3.8) is 0 Å². The average Bonchev–Trinajstić information content (AvgIpc) is 2.31. The van der Waals surface area contributed by atoms with Crippen molar-refractivity contribution in [1.82, 2.24) is 5.32 Å². The Morgan fingerprint density at radius 3 is 2.55 bits per heavy atom. The van der Waals surface area contributed by atoms with Gasteiger partial charge in [-0.1, -0.05) is 11.6 Å². The van der Waals surface area contributed by atoms with Crippen LogP contribution in [0.1, 0.15) is 6.42 Å². The van der Waals surface area contributed by atoms with Gasteiger partial charge in [-0.15, -0.1) is 0 Å². The van der Waals surface area contributed by atoms with Gasteiger partial charge in [0.2, 0.25) is 5.91 Å². The molecule has 1 rings (SSSR count). The second-order valence-electron chi connectivity index (χ2n) is 3.78. The van der Waals surface area contributed by atoms with Crippen LogP contribution in [0.25, 0.3) is 0 Å². The maximum atomic E-state index is 12.8. The molecule has 1 aromatic rings. The van der Waals surface area contributed by atoms with Gasteiger partial charge in [-0.3, -0.25) is 4.79 Å². The largest absolute Gasteiger partial charge is 0.480 e. The van der Waals surface area contributed by atoms with Crippen molar-refractivity contribution in [2.45, 2.75) is 12.5 Å². The number of anilines is 1. The Labute approximate surface area is 117 Å². The summed E-state index contributed by atoms with van der Waals surface area (Å²) in [6.45, 7) is 0. The molecule has 0 aliphatic rings. The average molecular weight is 304 g/mol. The lowest BCUT2D eigenvalue weighted by atomic mass is 10.2. The maximum absolute atomic E-state index is 12.8. The summed E-state index contributed by atoms with van der Waals surface area (Å²) in [6.07, 6.45) is -0.556. The molecule has 0 radical (unpaired) electrons. The highest BCUT2D eigenvalue weighted by molar-refractivity contribution is 6.33. The SMILES string of the molecule is NC(=O)CC(NC(=O)Nc1ccc(F)cc1Cl)C(=O)O. The highest BCUT2D eigenvalue weighted by Gasteiger charge is 2.22. The van der Waals surface area contributed by atoms with Crippen LogP contribution in [0.2, 0.25) is 5.02 Å². The zero-order valence-corrected chi connectivity index (χ0v) is 10.8. The predicted octanol–water partition coefficient (Wildman–Crippen LogP) is 0.929. The Bertz CT molecular complexity index is 552. The summed E-state index contributed by atoms with van der Waals surface area (Å²) in [5, 5.41) is 13.0. The van der Waals surface area contributed by atoms with Crippen molar-refractivity contribution < 1.29 is 23.9 Å². The highest BCUT2D eigenvalue weighted by atomic mass is 35.5. The number of benzene rings is 1. The van der Waals surface area contributed by atoms with Crippen molar-refractivity contribution in [2.24, 2.45) is 5.73 Å². The molecule has 9 heteroatoms. The highest BCUT2D eigenvalue weighted by Crippen LogP contribution is 2.22. The smallest absolute Gasteiger partial charge is 0.326 e. The van der Waals surface area contributed by atoms with Crippen LogP contribution in [0.5, 0.6) is 0 Å². The molecule has 0 saturated heterocycles. The second kappa shape index (κ2) is 6.71. The van der Waals surface area contributed by atoms with Crippen LogP contribution in [0.4, 0.5) is 14.9 Å². The molecule has 1 unspecified atom stereocenters. The Morgan fingerprint density at radius 2 is 2.05 bits per heavy atom. The maximum Gasteiger partial charge on any atom is 0.326 e. The van der Waals surface area contributed by atoms with E-state index in [-0.39, 0.29) is 10.7 Å². The number of rotatable bonds is 5. The number of urea groups is 1. The van der Waals surface area contributed by atoms with Crippen LogP contribution in [0.3, 0.4) is 0 Å². The van der Waals surface area contributed by atoms with Crippen LogP contribution >= 0.6 is 11.6 Å². The van der Waals surface area contributed by atoms with Crippen LogP contribution in [-0.4, -0.2) is 29.1 Å².